The summed E-state index contributed by atoms with van der Waals surface area (Å²) in [4.78, 5) is 38.7. The Bertz CT molecular complexity index is 1350. The maximum Gasteiger partial charge on any atom is 0.459 e. The number of nitrogens with one attached hydrogen (secondary N) is 2. The van der Waals surface area contributed by atoms with E-state index < -0.39 is 67.8 Å². The molecule has 12 nitrogen and oxygen atoms in total. The number of carbonyl (C=O) groups excluding carboxylic acids is 1. The predicted octanol–water partition coefficient (Wildman–Crippen LogP) is 2.36. The lowest BCUT2D eigenvalue weighted by atomic mass is 9.91. The fraction of sp³-hybridized carbons (Fsp3) is 0.560. The lowest BCUT2D eigenvalue weighted by Crippen LogP contribution is -2.48. The van der Waals surface area contributed by atoms with Gasteiger partial charge in [-0.15, -0.1) is 0 Å². The van der Waals surface area contributed by atoms with E-state index in [2.05, 4.69) is 10.1 Å². The fourth-order valence-corrected chi connectivity index (χ4v) is 5.97. The largest absolute Gasteiger partial charge is 0.462 e. The highest BCUT2D eigenvalue weighted by Crippen LogP contribution is 2.55. The van der Waals surface area contributed by atoms with Gasteiger partial charge in [0, 0.05) is 11.8 Å². The minimum absolute atomic E-state index is 0.146. The second-order valence-electron chi connectivity index (χ2n) is 10.1. The normalized spacial score (nSPS) is 27.2. The van der Waals surface area contributed by atoms with Gasteiger partial charge in [0.2, 0.25) is 0 Å². The zero-order valence-electron chi connectivity index (χ0n) is 22.0. The smallest absolute Gasteiger partial charge is 0.459 e. The quantitative estimate of drug-likeness (QED) is 0.271. The van der Waals surface area contributed by atoms with Crippen LogP contribution in [0.5, 0.6) is 5.75 Å². The van der Waals surface area contributed by atoms with Crippen molar-refractivity contribution >= 4 is 13.7 Å². The number of aliphatic hydroxyl groups is 1. The summed E-state index contributed by atoms with van der Waals surface area (Å²) in [6.45, 7) is 5.61. The number of H-pyrrole nitrogens is 1. The Morgan fingerprint density at radius 2 is 1.95 bits per heavy atom. The summed E-state index contributed by atoms with van der Waals surface area (Å²) in [6.07, 6.45) is -3.55. The Kier molecular flexibility index (Phi) is 8.48. The van der Waals surface area contributed by atoms with E-state index in [0.717, 1.165) is 10.8 Å². The molecule has 1 saturated carbocycles. The van der Waals surface area contributed by atoms with E-state index in [1.807, 2.05) is 0 Å². The van der Waals surface area contributed by atoms with E-state index in [4.69, 9.17) is 18.5 Å². The van der Waals surface area contributed by atoms with Crippen molar-refractivity contribution in [1.82, 2.24) is 14.6 Å². The number of ether oxygens (including phenoxy) is 2. The van der Waals surface area contributed by atoms with E-state index in [-0.39, 0.29) is 17.2 Å². The summed E-state index contributed by atoms with van der Waals surface area (Å²) in [5.74, 6) is -0.900. The number of aromatic amines is 1. The molecule has 14 heteroatoms. The molecular formula is C25H33FN3O9P. The summed E-state index contributed by atoms with van der Waals surface area (Å²) in [5.41, 5.74) is -3.08. The Labute approximate surface area is 224 Å². The molecule has 1 aliphatic carbocycles. The first-order valence-electron chi connectivity index (χ1n) is 12.6. The topological polar surface area (TPSA) is 158 Å². The monoisotopic (exact) mass is 569 g/mol. The van der Waals surface area contributed by atoms with Gasteiger partial charge in [0.25, 0.3) is 5.56 Å². The molecular weight excluding hydrogens is 536 g/mol. The molecule has 2 aromatic rings. The third-order valence-electron chi connectivity index (χ3n) is 6.59. The number of alkyl halides is 1. The number of halogens is 1. The van der Waals surface area contributed by atoms with Crippen LogP contribution in [0, 0.1) is 12.8 Å². The van der Waals surface area contributed by atoms with Crippen LogP contribution in [-0.4, -0.2) is 57.3 Å². The van der Waals surface area contributed by atoms with E-state index in [0.29, 0.717) is 12.8 Å². The summed E-state index contributed by atoms with van der Waals surface area (Å²) in [6, 6.07) is 6.97. The van der Waals surface area contributed by atoms with Gasteiger partial charge in [0.05, 0.1) is 12.7 Å². The average Bonchev–Trinajstić information content (AvgIpc) is 3.69. The molecule has 0 radical (unpaired) electrons. The molecule has 214 valence electrons. The summed E-state index contributed by atoms with van der Waals surface area (Å²) >= 11 is 0. The van der Waals surface area contributed by atoms with Crippen LogP contribution in [-0.2, 0) is 23.4 Å². The number of benzene rings is 1. The number of aliphatic hydroxyl groups excluding tert-OH is 1. The molecule has 39 heavy (non-hydrogen) atoms. The van der Waals surface area contributed by atoms with Gasteiger partial charge in [-0.25, -0.2) is 13.8 Å². The highest BCUT2D eigenvalue weighted by Gasteiger charge is 2.63. The number of aromatic nitrogens is 2. The van der Waals surface area contributed by atoms with Crippen molar-refractivity contribution in [3.63, 3.8) is 0 Å². The third-order valence-corrected chi connectivity index (χ3v) is 8.21. The number of carbonyl (C=O) groups is 1. The molecule has 2 aliphatic rings. The molecule has 1 aromatic heterocycles. The number of aryl methyl sites for hydroxylation is 1. The highest BCUT2D eigenvalue weighted by molar-refractivity contribution is 7.52. The van der Waals surface area contributed by atoms with Crippen molar-refractivity contribution in [2.75, 3.05) is 6.61 Å². The van der Waals surface area contributed by atoms with Crippen LogP contribution >= 0.6 is 7.75 Å². The number of hydrogen-bond acceptors (Lipinski definition) is 9. The molecule has 6 atom stereocenters. The van der Waals surface area contributed by atoms with Crippen LogP contribution in [0.2, 0.25) is 0 Å². The first kappa shape index (κ1) is 29.2. The average molecular weight is 570 g/mol. The van der Waals surface area contributed by atoms with Gasteiger partial charge in [-0.3, -0.25) is 23.7 Å². The van der Waals surface area contributed by atoms with Crippen LogP contribution in [0.4, 0.5) is 4.39 Å². The molecule has 0 spiro atoms. The molecule has 1 aliphatic heterocycles. The lowest BCUT2D eigenvalue weighted by Gasteiger charge is -2.33. The zero-order chi connectivity index (χ0) is 28.5. The van der Waals surface area contributed by atoms with Crippen molar-refractivity contribution < 1.29 is 37.4 Å². The maximum atomic E-state index is 15.5. The van der Waals surface area contributed by atoms with Gasteiger partial charge < -0.3 is 19.1 Å². The van der Waals surface area contributed by atoms with Crippen LogP contribution < -0.4 is 20.9 Å². The Hall–Kier alpha value is -2.83. The Balaban J connectivity index is 1.61. The van der Waals surface area contributed by atoms with Crippen molar-refractivity contribution in [2.45, 2.75) is 76.8 Å². The third kappa shape index (κ3) is 6.33. The number of rotatable bonds is 11. The standard InChI is InChI=1S/C25H33FN3O9P/c1-14(2)36-23(32)16(4)28-39(34,38-18-8-6-5-7-9-18)35-13-25(17-10-11-17)20(30)19(26)22(37-25)29-12-15(3)21(31)27-24(29)33/h5-9,12,14,16-17,19-20,22,30H,10-11,13H2,1-4H3,(H,28,34)(H,27,31,33)/t16-,19-,20-,22+,25-,39?/m0/s1. The van der Waals surface area contributed by atoms with Gasteiger partial charge in [0.15, 0.2) is 12.4 Å². The minimum atomic E-state index is -4.34. The van der Waals surface area contributed by atoms with E-state index in [1.165, 1.54) is 26.0 Å². The SMILES string of the molecule is Cc1cn([C@@H]2O[C@@](COP(=O)(N[C@@H](C)C(=O)OC(C)C)Oc3ccccc3)(C3CC3)[C@@H](O)[C@@H]2F)c(=O)[nH]c1=O. The van der Waals surface area contributed by atoms with Gasteiger partial charge in [-0.1, -0.05) is 18.2 Å². The van der Waals surface area contributed by atoms with Crippen LogP contribution in [0.15, 0.2) is 46.1 Å². The molecule has 1 aromatic carbocycles. The predicted molar refractivity (Wildman–Crippen MR) is 137 cm³/mol. The van der Waals surface area contributed by atoms with Gasteiger partial charge >= 0.3 is 19.4 Å². The molecule has 2 heterocycles. The molecule has 1 saturated heterocycles. The first-order valence-corrected chi connectivity index (χ1v) is 14.2. The maximum absolute atomic E-state index is 15.5. The van der Waals surface area contributed by atoms with E-state index in [1.54, 1.807) is 32.0 Å². The second kappa shape index (κ2) is 11.3. The number of hydrogen-bond donors (Lipinski definition) is 3. The fourth-order valence-electron chi connectivity index (χ4n) is 4.44. The van der Waals surface area contributed by atoms with Gasteiger partial charge in [0.1, 0.15) is 23.5 Å². The molecule has 0 amide bonds. The zero-order valence-corrected chi connectivity index (χ0v) is 22.9. The van der Waals surface area contributed by atoms with Crippen molar-refractivity contribution in [2.24, 2.45) is 5.92 Å². The summed E-state index contributed by atoms with van der Waals surface area (Å²) < 4.78 is 52.9. The summed E-state index contributed by atoms with van der Waals surface area (Å²) in [5, 5.41) is 13.6. The van der Waals surface area contributed by atoms with E-state index in [9.17, 15) is 24.1 Å². The summed E-state index contributed by atoms with van der Waals surface area (Å²) in [7, 11) is -4.34. The van der Waals surface area contributed by atoms with E-state index >= 15 is 4.39 Å². The van der Waals surface area contributed by atoms with Crippen LogP contribution in [0.3, 0.4) is 0 Å². The second-order valence-corrected chi connectivity index (χ2v) is 11.8. The molecule has 4 rings (SSSR count). The molecule has 1 unspecified atom stereocenters. The van der Waals surface area contributed by atoms with Crippen LogP contribution in [0.25, 0.3) is 0 Å². The van der Waals surface area contributed by atoms with Crippen molar-refractivity contribution in [1.29, 1.82) is 0 Å². The van der Waals surface area contributed by atoms with Crippen molar-refractivity contribution in [3.8, 4) is 5.75 Å². The number of esters is 1. The van der Waals surface area contributed by atoms with Crippen molar-refractivity contribution in [3.05, 3.63) is 62.9 Å². The molecule has 2 fully saturated rings. The highest BCUT2D eigenvalue weighted by atomic mass is 31.2. The molecule has 3 N–H and O–H groups in total. The van der Waals surface area contributed by atoms with Crippen LogP contribution in [0.1, 0.15) is 45.4 Å². The Morgan fingerprint density at radius 1 is 1.28 bits per heavy atom. The molecule has 0 bridgehead atoms. The lowest BCUT2D eigenvalue weighted by molar-refractivity contribution is -0.149. The van der Waals surface area contributed by atoms with Gasteiger partial charge in [-0.05, 0) is 58.6 Å². The Morgan fingerprint density at radius 3 is 2.56 bits per heavy atom. The minimum Gasteiger partial charge on any atom is -0.462 e. The first-order chi connectivity index (χ1) is 18.3. The van der Waals surface area contributed by atoms with Gasteiger partial charge in [-0.2, -0.15) is 5.09 Å². The number of nitrogens with zero attached hydrogens (tertiary/aromatic N) is 1. The number of para-hydroxylation sites is 1.